The topological polar surface area (TPSA) is 37.0 Å². The molecule has 2 heterocycles. The quantitative estimate of drug-likeness (QED) is 0.864. The number of hydrogen-bond donors (Lipinski definition) is 2. The van der Waals surface area contributed by atoms with Crippen molar-refractivity contribution in [2.45, 2.75) is 46.2 Å². The van der Waals surface area contributed by atoms with Crippen molar-refractivity contribution in [3.05, 3.63) is 16.1 Å². The molecule has 2 N–H and O–H groups in total. The lowest BCUT2D eigenvalue weighted by Crippen LogP contribution is -2.51. The molecular weight excluding hydrogens is 230 g/mol. The van der Waals surface area contributed by atoms with E-state index in [1.54, 1.807) is 11.3 Å². The fourth-order valence-corrected chi connectivity index (χ4v) is 3.17. The molecule has 96 valence electrons. The number of aryl methyl sites for hydroxylation is 1. The highest BCUT2D eigenvalue weighted by molar-refractivity contribution is 7.09. The van der Waals surface area contributed by atoms with E-state index in [9.17, 15) is 0 Å². The monoisotopic (exact) mass is 253 g/mol. The van der Waals surface area contributed by atoms with Gasteiger partial charge in [0.25, 0.3) is 0 Å². The fourth-order valence-electron chi connectivity index (χ4n) is 2.43. The molecule has 0 saturated carbocycles. The molecule has 3 nitrogen and oxygen atoms in total. The number of hydrogen-bond acceptors (Lipinski definition) is 4. The average Bonchev–Trinajstić information content (AvgIpc) is 2.67. The van der Waals surface area contributed by atoms with Gasteiger partial charge in [-0.3, -0.25) is 0 Å². The fraction of sp³-hybridized carbons (Fsp3) is 0.769. The average molecular weight is 253 g/mol. The largest absolute Gasteiger partial charge is 0.312 e. The molecule has 1 atom stereocenters. The SMILES string of the molecule is Cc1csc(CNCC2NCCCC2(C)C)n1. The Morgan fingerprint density at radius 2 is 2.41 bits per heavy atom. The highest BCUT2D eigenvalue weighted by Gasteiger charge is 2.31. The summed E-state index contributed by atoms with van der Waals surface area (Å²) in [6.45, 7) is 9.86. The van der Waals surface area contributed by atoms with E-state index in [0.29, 0.717) is 11.5 Å². The van der Waals surface area contributed by atoms with E-state index in [0.717, 1.165) is 25.3 Å². The molecule has 0 aliphatic carbocycles. The summed E-state index contributed by atoms with van der Waals surface area (Å²) < 4.78 is 0. The molecule has 1 aliphatic heterocycles. The van der Waals surface area contributed by atoms with Crippen LogP contribution in [0.25, 0.3) is 0 Å². The van der Waals surface area contributed by atoms with Crippen LogP contribution < -0.4 is 10.6 Å². The van der Waals surface area contributed by atoms with Gasteiger partial charge in [0.05, 0.1) is 0 Å². The number of thiazole rings is 1. The molecule has 4 heteroatoms. The van der Waals surface area contributed by atoms with Crippen LogP contribution in [0, 0.1) is 12.3 Å². The smallest absolute Gasteiger partial charge is 0.107 e. The first-order chi connectivity index (χ1) is 8.08. The summed E-state index contributed by atoms with van der Waals surface area (Å²) in [4.78, 5) is 4.47. The van der Waals surface area contributed by atoms with Crippen LogP contribution in [-0.2, 0) is 6.54 Å². The number of aromatic nitrogens is 1. The summed E-state index contributed by atoms with van der Waals surface area (Å²) in [5, 5.41) is 10.4. The van der Waals surface area contributed by atoms with E-state index in [-0.39, 0.29) is 0 Å². The minimum atomic E-state index is 0.407. The lowest BCUT2D eigenvalue weighted by molar-refractivity contribution is 0.176. The second-order valence-corrected chi connectivity index (χ2v) is 6.56. The normalized spacial score (nSPS) is 23.8. The maximum absolute atomic E-state index is 4.47. The third kappa shape index (κ3) is 3.50. The Hall–Kier alpha value is -0.450. The van der Waals surface area contributed by atoms with Crippen LogP contribution in [-0.4, -0.2) is 24.1 Å². The Balaban J connectivity index is 1.77. The van der Waals surface area contributed by atoms with Crippen molar-refractivity contribution in [3.8, 4) is 0 Å². The van der Waals surface area contributed by atoms with Crippen molar-refractivity contribution in [3.63, 3.8) is 0 Å². The van der Waals surface area contributed by atoms with Gasteiger partial charge in [-0.05, 0) is 31.7 Å². The van der Waals surface area contributed by atoms with Crippen LogP contribution in [0.1, 0.15) is 37.4 Å². The molecule has 0 amide bonds. The molecular formula is C13H23N3S. The molecule has 0 radical (unpaired) electrons. The second-order valence-electron chi connectivity index (χ2n) is 5.61. The highest BCUT2D eigenvalue weighted by atomic mass is 32.1. The lowest BCUT2D eigenvalue weighted by atomic mass is 9.77. The Morgan fingerprint density at radius 1 is 1.59 bits per heavy atom. The molecule has 1 unspecified atom stereocenters. The first-order valence-corrected chi connectivity index (χ1v) is 7.31. The third-order valence-electron chi connectivity index (χ3n) is 3.62. The highest BCUT2D eigenvalue weighted by Crippen LogP contribution is 2.29. The van der Waals surface area contributed by atoms with E-state index in [1.807, 2.05) is 6.92 Å². The van der Waals surface area contributed by atoms with Gasteiger partial charge < -0.3 is 10.6 Å². The first-order valence-electron chi connectivity index (χ1n) is 6.43. The van der Waals surface area contributed by atoms with Gasteiger partial charge in [0, 0.05) is 30.2 Å². The predicted molar refractivity (Wildman–Crippen MR) is 73.4 cm³/mol. The third-order valence-corrected chi connectivity index (χ3v) is 4.59. The van der Waals surface area contributed by atoms with Gasteiger partial charge in [0.2, 0.25) is 0 Å². The zero-order chi connectivity index (χ0) is 12.3. The zero-order valence-electron chi connectivity index (χ0n) is 11.0. The van der Waals surface area contributed by atoms with Crippen LogP contribution in [0.2, 0.25) is 0 Å². The van der Waals surface area contributed by atoms with Gasteiger partial charge in [-0.1, -0.05) is 13.8 Å². The van der Waals surface area contributed by atoms with E-state index in [1.165, 1.54) is 17.8 Å². The van der Waals surface area contributed by atoms with Crippen LogP contribution in [0.15, 0.2) is 5.38 Å². The standard InChI is InChI=1S/C13H23N3S/c1-10-9-17-12(16-10)8-14-7-11-13(2,3)5-4-6-15-11/h9,11,14-15H,4-8H2,1-3H3. The van der Waals surface area contributed by atoms with Gasteiger partial charge in [0.1, 0.15) is 5.01 Å². The number of piperidine rings is 1. The van der Waals surface area contributed by atoms with Crippen molar-refractivity contribution < 1.29 is 0 Å². The Morgan fingerprint density at radius 3 is 3.06 bits per heavy atom. The van der Waals surface area contributed by atoms with Crippen LogP contribution in [0.3, 0.4) is 0 Å². The van der Waals surface area contributed by atoms with Crippen molar-refractivity contribution in [1.29, 1.82) is 0 Å². The van der Waals surface area contributed by atoms with Gasteiger partial charge in [-0.15, -0.1) is 11.3 Å². The Kier molecular flexibility index (Phi) is 4.17. The van der Waals surface area contributed by atoms with Gasteiger partial charge >= 0.3 is 0 Å². The number of nitrogens with one attached hydrogen (secondary N) is 2. The second kappa shape index (κ2) is 5.46. The van der Waals surface area contributed by atoms with Crippen molar-refractivity contribution in [2.24, 2.45) is 5.41 Å². The van der Waals surface area contributed by atoms with E-state index >= 15 is 0 Å². The predicted octanol–water partition coefficient (Wildman–Crippen LogP) is 2.32. The Bertz CT molecular complexity index is 359. The van der Waals surface area contributed by atoms with Gasteiger partial charge in [-0.2, -0.15) is 0 Å². The molecule has 1 aromatic rings. The number of rotatable bonds is 4. The molecule has 17 heavy (non-hydrogen) atoms. The summed E-state index contributed by atoms with van der Waals surface area (Å²) in [6.07, 6.45) is 2.62. The summed E-state index contributed by atoms with van der Waals surface area (Å²) in [6, 6.07) is 0.581. The molecule has 1 aliphatic rings. The molecule has 1 saturated heterocycles. The van der Waals surface area contributed by atoms with E-state index in [2.05, 4.69) is 34.8 Å². The molecule has 1 fully saturated rings. The number of nitrogens with zero attached hydrogens (tertiary/aromatic N) is 1. The molecule has 0 aromatic carbocycles. The molecule has 2 rings (SSSR count). The van der Waals surface area contributed by atoms with Crippen molar-refractivity contribution in [2.75, 3.05) is 13.1 Å². The maximum atomic E-state index is 4.47. The van der Waals surface area contributed by atoms with Crippen molar-refractivity contribution >= 4 is 11.3 Å². The summed E-state index contributed by atoms with van der Waals surface area (Å²) in [7, 11) is 0. The lowest BCUT2D eigenvalue weighted by Gasteiger charge is -2.39. The minimum absolute atomic E-state index is 0.407. The van der Waals surface area contributed by atoms with Gasteiger partial charge in [-0.25, -0.2) is 4.98 Å². The zero-order valence-corrected chi connectivity index (χ0v) is 11.9. The molecule has 1 aromatic heterocycles. The summed E-state index contributed by atoms with van der Waals surface area (Å²) in [5.74, 6) is 0. The molecule has 0 spiro atoms. The van der Waals surface area contributed by atoms with E-state index < -0.39 is 0 Å². The van der Waals surface area contributed by atoms with E-state index in [4.69, 9.17) is 0 Å². The van der Waals surface area contributed by atoms with Crippen molar-refractivity contribution in [1.82, 2.24) is 15.6 Å². The van der Waals surface area contributed by atoms with Crippen LogP contribution >= 0.6 is 11.3 Å². The van der Waals surface area contributed by atoms with Crippen LogP contribution in [0.4, 0.5) is 0 Å². The molecule has 0 bridgehead atoms. The van der Waals surface area contributed by atoms with Crippen LogP contribution in [0.5, 0.6) is 0 Å². The summed E-state index contributed by atoms with van der Waals surface area (Å²) in [5.41, 5.74) is 1.53. The Labute approximate surface area is 108 Å². The minimum Gasteiger partial charge on any atom is -0.312 e. The maximum Gasteiger partial charge on any atom is 0.107 e. The first kappa shape index (κ1) is 13.0. The van der Waals surface area contributed by atoms with Gasteiger partial charge in [0.15, 0.2) is 0 Å². The summed E-state index contributed by atoms with van der Waals surface area (Å²) >= 11 is 1.74.